The van der Waals surface area contributed by atoms with E-state index in [1.165, 1.54) is 6.08 Å². The van der Waals surface area contributed by atoms with Crippen molar-refractivity contribution in [2.24, 2.45) is 5.41 Å². The minimum absolute atomic E-state index is 0.0439. The van der Waals surface area contributed by atoms with Gasteiger partial charge in [0, 0.05) is 30.0 Å². The van der Waals surface area contributed by atoms with E-state index in [4.69, 9.17) is 5.11 Å². The zero-order valence-corrected chi connectivity index (χ0v) is 11.2. The number of aromatic nitrogens is 1. The number of carbonyl (C=O) groups excluding carboxylic acids is 1. The molecule has 0 aromatic carbocycles. The number of nitrogens with one attached hydrogen (secondary N) is 1. The van der Waals surface area contributed by atoms with Gasteiger partial charge in [-0.2, -0.15) is 0 Å². The number of thiazole rings is 1. The summed E-state index contributed by atoms with van der Waals surface area (Å²) in [4.78, 5) is 15.7. The maximum atomic E-state index is 11.5. The Hall–Kier alpha value is -1.20. The van der Waals surface area contributed by atoms with Crippen LogP contribution in [-0.2, 0) is 4.79 Å². The van der Waals surface area contributed by atoms with Crippen LogP contribution in [0.15, 0.2) is 11.5 Å². The number of carbonyl (C=O) groups is 1. The number of hydrogen-bond acceptors (Lipinski definition) is 4. The average molecular weight is 254 g/mol. The molecule has 0 aliphatic heterocycles. The lowest BCUT2D eigenvalue weighted by molar-refractivity contribution is -0.117. The van der Waals surface area contributed by atoms with Crippen molar-refractivity contribution in [3.63, 3.8) is 0 Å². The molecule has 1 heterocycles. The van der Waals surface area contributed by atoms with E-state index in [1.807, 2.05) is 26.2 Å². The third-order valence-electron chi connectivity index (χ3n) is 2.21. The van der Waals surface area contributed by atoms with Crippen LogP contribution in [0.1, 0.15) is 24.5 Å². The molecular formula is C12H18N2O2S. The Morgan fingerprint density at radius 1 is 1.65 bits per heavy atom. The number of aryl methyl sites for hydroxylation is 1. The molecule has 2 N–H and O–H groups in total. The molecule has 0 unspecified atom stereocenters. The second-order valence-electron chi connectivity index (χ2n) is 4.66. The van der Waals surface area contributed by atoms with E-state index in [2.05, 4.69) is 10.3 Å². The van der Waals surface area contributed by atoms with E-state index in [-0.39, 0.29) is 17.9 Å². The Labute approximate surface area is 105 Å². The molecule has 5 heteroatoms. The van der Waals surface area contributed by atoms with Crippen LogP contribution in [0, 0.1) is 12.3 Å². The van der Waals surface area contributed by atoms with Crippen molar-refractivity contribution in [1.82, 2.24) is 10.3 Å². The Morgan fingerprint density at radius 2 is 2.35 bits per heavy atom. The molecule has 4 nitrogen and oxygen atoms in total. The molecule has 0 spiro atoms. The molecule has 17 heavy (non-hydrogen) atoms. The number of aliphatic hydroxyl groups is 1. The van der Waals surface area contributed by atoms with Gasteiger partial charge >= 0.3 is 0 Å². The summed E-state index contributed by atoms with van der Waals surface area (Å²) >= 11 is 1.55. The third kappa shape index (κ3) is 5.10. The summed E-state index contributed by atoms with van der Waals surface area (Å²) in [7, 11) is 0. The number of hydrogen-bond donors (Lipinski definition) is 2. The fraction of sp³-hybridized carbons (Fsp3) is 0.500. The molecule has 0 aliphatic rings. The van der Waals surface area contributed by atoms with Crippen LogP contribution in [0.4, 0.5) is 0 Å². The highest BCUT2D eigenvalue weighted by molar-refractivity contribution is 7.09. The monoisotopic (exact) mass is 254 g/mol. The van der Waals surface area contributed by atoms with E-state index in [9.17, 15) is 4.79 Å². The summed E-state index contributed by atoms with van der Waals surface area (Å²) < 4.78 is 0. The zero-order chi connectivity index (χ0) is 12.9. The lowest BCUT2D eigenvalue weighted by Crippen LogP contribution is -2.35. The van der Waals surface area contributed by atoms with Gasteiger partial charge in [-0.15, -0.1) is 11.3 Å². The summed E-state index contributed by atoms with van der Waals surface area (Å²) in [5.74, 6) is -0.169. The predicted molar refractivity (Wildman–Crippen MR) is 69.8 cm³/mol. The molecule has 0 bridgehead atoms. The topological polar surface area (TPSA) is 62.2 Å². The van der Waals surface area contributed by atoms with Gasteiger partial charge < -0.3 is 10.4 Å². The summed E-state index contributed by atoms with van der Waals surface area (Å²) in [6.45, 7) is 6.19. The quantitative estimate of drug-likeness (QED) is 0.785. The summed E-state index contributed by atoms with van der Waals surface area (Å²) in [5.41, 5.74) is 0.504. The van der Waals surface area contributed by atoms with Gasteiger partial charge in [-0.1, -0.05) is 13.8 Å². The van der Waals surface area contributed by atoms with Crippen molar-refractivity contribution >= 4 is 23.3 Å². The first-order valence-electron chi connectivity index (χ1n) is 5.42. The highest BCUT2D eigenvalue weighted by Gasteiger charge is 2.16. The minimum Gasteiger partial charge on any atom is -0.396 e. The Kier molecular flexibility index (Phi) is 4.84. The van der Waals surface area contributed by atoms with Crippen molar-refractivity contribution < 1.29 is 9.90 Å². The lowest BCUT2D eigenvalue weighted by Gasteiger charge is -2.21. The van der Waals surface area contributed by atoms with E-state index in [0.29, 0.717) is 6.54 Å². The average Bonchev–Trinajstić information content (AvgIpc) is 2.70. The Balaban J connectivity index is 2.42. The molecule has 0 fully saturated rings. The van der Waals surface area contributed by atoms with Crippen LogP contribution in [-0.4, -0.2) is 29.1 Å². The minimum atomic E-state index is -0.291. The largest absolute Gasteiger partial charge is 0.396 e. The SMILES string of the molecule is Cc1nc(/C=C/C(=O)NCC(C)(C)CO)cs1. The smallest absolute Gasteiger partial charge is 0.244 e. The van der Waals surface area contributed by atoms with Crippen LogP contribution in [0.2, 0.25) is 0 Å². The Bertz CT molecular complexity index is 410. The van der Waals surface area contributed by atoms with Gasteiger partial charge in [0.1, 0.15) is 0 Å². The molecule has 0 radical (unpaired) electrons. The molecule has 0 saturated carbocycles. The van der Waals surface area contributed by atoms with E-state index in [1.54, 1.807) is 17.4 Å². The van der Waals surface area contributed by atoms with Gasteiger partial charge in [0.15, 0.2) is 0 Å². The summed E-state index contributed by atoms with van der Waals surface area (Å²) in [6, 6.07) is 0. The van der Waals surface area contributed by atoms with Gasteiger partial charge in [0.2, 0.25) is 5.91 Å². The zero-order valence-electron chi connectivity index (χ0n) is 10.4. The second kappa shape index (κ2) is 5.93. The highest BCUT2D eigenvalue weighted by atomic mass is 32.1. The van der Waals surface area contributed by atoms with Gasteiger partial charge in [-0.3, -0.25) is 4.79 Å². The fourth-order valence-electron chi connectivity index (χ4n) is 1.06. The van der Waals surface area contributed by atoms with Crippen LogP contribution in [0.25, 0.3) is 6.08 Å². The maximum absolute atomic E-state index is 11.5. The number of rotatable bonds is 5. The lowest BCUT2D eigenvalue weighted by atomic mass is 9.95. The maximum Gasteiger partial charge on any atom is 0.244 e. The molecule has 1 aromatic rings. The first kappa shape index (κ1) is 13.9. The number of amides is 1. The van der Waals surface area contributed by atoms with Crippen molar-refractivity contribution in [2.45, 2.75) is 20.8 Å². The van der Waals surface area contributed by atoms with Crippen LogP contribution in [0.5, 0.6) is 0 Å². The standard InChI is InChI=1S/C12H18N2O2S/c1-9-14-10(6-17-9)4-5-11(16)13-7-12(2,3)8-15/h4-6,15H,7-8H2,1-3H3,(H,13,16)/b5-4+. The van der Waals surface area contributed by atoms with Crippen molar-refractivity contribution in [3.05, 3.63) is 22.2 Å². The normalized spacial score (nSPS) is 12.0. The second-order valence-corrected chi connectivity index (χ2v) is 5.73. The van der Waals surface area contributed by atoms with Crippen molar-refractivity contribution in [2.75, 3.05) is 13.2 Å². The molecule has 1 amide bonds. The molecule has 0 saturated heterocycles. The first-order valence-corrected chi connectivity index (χ1v) is 6.30. The third-order valence-corrected chi connectivity index (χ3v) is 3.00. The molecular weight excluding hydrogens is 236 g/mol. The predicted octanol–water partition coefficient (Wildman–Crippen LogP) is 1.60. The highest BCUT2D eigenvalue weighted by Crippen LogP contribution is 2.11. The Morgan fingerprint density at radius 3 is 2.88 bits per heavy atom. The first-order chi connectivity index (χ1) is 7.93. The van der Waals surface area contributed by atoms with Gasteiger partial charge in [0.05, 0.1) is 10.7 Å². The molecule has 94 valence electrons. The number of nitrogens with zero attached hydrogens (tertiary/aromatic N) is 1. The molecule has 1 rings (SSSR count). The van der Waals surface area contributed by atoms with Gasteiger partial charge in [0.25, 0.3) is 0 Å². The summed E-state index contributed by atoms with van der Waals surface area (Å²) in [6.07, 6.45) is 3.15. The fourth-order valence-corrected chi connectivity index (χ4v) is 1.64. The van der Waals surface area contributed by atoms with Gasteiger partial charge in [-0.25, -0.2) is 4.98 Å². The summed E-state index contributed by atoms with van der Waals surface area (Å²) in [5, 5.41) is 14.7. The molecule has 0 aliphatic carbocycles. The van der Waals surface area contributed by atoms with E-state index >= 15 is 0 Å². The van der Waals surface area contributed by atoms with Crippen LogP contribution in [0.3, 0.4) is 0 Å². The van der Waals surface area contributed by atoms with E-state index < -0.39 is 0 Å². The van der Waals surface area contributed by atoms with Crippen LogP contribution >= 0.6 is 11.3 Å². The van der Waals surface area contributed by atoms with Crippen molar-refractivity contribution in [3.8, 4) is 0 Å². The van der Waals surface area contributed by atoms with Gasteiger partial charge in [-0.05, 0) is 13.0 Å². The van der Waals surface area contributed by atoms with Crippen LogP contribution < -0.4 is 5.32 Å². The molecule has 1 aromatic heterocycles. The number of aliphatic hydroxyl groups excluding tert-OH is 1. The molecule has 0 atom stereocenters. The van der Waals surface area contributed by atoms with E-state index in [0.717, 1.165) is 10.7 Å². The van der Waals surface area contributed by atoms with Crippen molar-refractivity contribution in [1.29, 1.82) is 0 Å².